The van der Waals surface area contributed by atoms with Crippen LogP contribution in [-0.4, -0.2) is 29.9 Å². The van der Waals surface area contributed by atoms with Gasteiger partial charge in [-0.15, -0.1) is 0 Å². The number of nitrogens with zero attached hydrogens (tertiary/aromatic N) is 1. The largest absolute Gasteiger partial charge is 0.369 e. The maximum Gasteiger partial charge on any atom is 0.232 e. The van der Waals surface area contributed by atoms with E-state index < -0.39 is 5.41 Å². The average Bonchev–Trinajstić information content (AvgIpc) is 2.60. The Morgan fingerprint density at radius 3 is 1.79 bits per heavy atom. The second kappa shape index (κ2) is 8.11. The van der Waals surface area contributed by atoms with Crippen LogP contribution < -0.4 is 5.73 Å². The quantitative estimate of drug-likeness (QED) is 0.807. The Kier molecular flexibility index (Phi) is 6.16. The predicted octanol–water partition coefficient (Wildman–Crippen LogP) is 3.58. The molecule has 128 valence electrons. The molecule has 2 aromatic rings. The first-order valence-electron chi connectivity index (χ1n) is 8.67. The Labute approximate surface area is 145 Å². The van der Waals surface area contributed by atoms with Gasteiger partial charge in [-0.25, -0.2) is 0 Å². The van der Waals surface area contributed by atoms with E-state index in [4.69, 9.17) is 5.73 Å². The van der Waals surface area contributed by atoms with Crippen molar-refractivity contribution in [2.24, 2.45) is 5.73 Å². The second-order valence-corrected chi connectivity index (χ2v) is 6.47. The van der Waals surface area contributed by atoms with Crippen LogP contribution in [0.3, 0.4) is 0 Å². The van der Waals surface area contributed by atoms with E-state index in [1.165, 1.54) is 0 Å². The minimum atomic E-state index is -0.801. The fourth-order valence-corrected chi connectivity index (χ4v) is 3.40. The van der Waals surface area contributed by atoms with Crippen LogP contribution in [-0.2, 0) is 10.2 Å². The van der Waals surface area contributed by atoms with Crippen LogP contribution in [0, 0.1) is 0 Å². The van der Waals surface area contributed by atoms with Gasteiger partial charge in [0.05, 0.1) is 5.41 Å². The van der Waals surface area contributed by atoms with Crippen molar-refractivity contribution >= 4 is 5.91 Å². The van der Waals surface area contributed by atoms with Crippen LogP contribution in [0.4, 0.5) is 0 Å². The fraction of sp³-hybridized carbons (Fsp3) is 0.381. The van der Waals surface area contributed by atoms with Crippen LogP contribution in [0.1, 0.15) is 38.3 Å². The summed E-state index contributed by atoms with van der Waals surface area (Å²) in [6.07, 6.45) is 0.669. The van der Waals surface area contributed by atoms with E-state index in [2.05, 4.69) is 25.7 Å². The summed E-state index contributed by atoms with van der Waals surface area (Å²) in [7, 11) is 0. The van der Waals surface area contributed by atoms with Gasteiger partial charge in [0.25, 0.3) is 0 Å². The van der Waals surface area contributed by atoms with Crippen molar-refractivity contribution in [2.75, 3.05) is 13.1 Å². The summed E-state index contributed by atoms with van der Waals surface area (Å²) >= 11 is 0. The van der Waals surface area contributed by atoms with Gasteiger partial charge in [-0.3, -0.25) is 4.79 Å². The molecule has 2 rings (SSSR count). The molecule has 3 nitrogen and oxygen atoms in total. The molecular formula is C21H28N2O. The molecule has 0 heterocycles. The van der Waals surface area contributed by atoms with Gasteiger partial charge in [0.2, 0.25) is 5.91 Å². The molecule has 0 aliphatic carbocycles. The summed E-state index contributed by atoms with van der Waals surface area (Å²) in [5.74, 6) is -0.292. The van der Waals surface area contributed by atoms with Gasteiger partial charge >= 0.3 is 0 Å². The van der Waals surface area contributed by atoms with E-state index in [-0.39, 0.29) is 5.91 Å². The minimum Gasteiger partial charge on any atom is -0.369 e. The minimum absolute atomic E-state index is 0.292. The molecule has 0 saturated carbocycles. The second-order valence-electron chi connectivity index (χ2n) is 6.47. The standard InChI is InChI=1S/C21H28N2O/c1-4-23(17(2)3)16-15-21(20(22)24,18-11-7-5-8-12-18)19-13-9-6-10-14-19/h5-14,17H,4,15-16H2,1-3H3,(H2,22,24). The average molecular weight is 324 g/mol. The molecule has 0 spiro atoms. The third-order valence-electron chi connectivity index (χ3n) is 4.86. The number of carbonyl (C=O) groups excluding carboxylic acids is 1. The van der Waals surface area contributed by atoms with E-state index in [1.807, 2.05) is 60.7 Å². The van der Waals surface area contributed by atoms with Crippen LogP contribution in [0.5, 0.6) is 0 Å². The van der Waals surface area contributed by atoms with E-state index in [0.717, 1.165) is 24.2 Å². The Bertz CT molecular complexity index is 598. The third kappa shape index (κ3) is 3.68. The zero-order valence-corrected chi connectivity index (χ0v) is 14.9. The van der Waals surface area contributed by atoms with Crippen LogP contribution in [0.2, 0.25) is 0 Å². The smallest absolute Gasteiger partial charge is 0.232 e. The highest BCUT2D eigenvalue weighted by Gasteiger charge is 2.40. The van der Waals surface area contributed by atoms with Crippen LogP contribution in [0.15, 0.2) is 60.7 Å². The van der Waals surface area contributed by atoms with Gasteiger partial charge in [-0.1, -0.05) is 67.6 Å². The summed E-state index contributed by atoms with van der Waals surface area (Å²) < 4.78 is 0. The maximum atomic E-state index is 12.7. The monoisotopic (exact) mass is 324 g/mol. The number of hydrogen-bond acceptors (Lipinski definition) is 2. The van der Waals surface area contributed by atoms with Crippen molar-refractivity contribution < 1.29 is 4.79 Å². The van der Waals surface area contributed by atoms with Gasteiger partial charge in [-0.05, 0) is 37.9 Å². The lowest BCUT2D eigenvalue weighted by Gasteiger charge is -2.35. The molecule has 1 amide bonds. The van der Waals surface area contributed by atoms with Crippen molar-refractivity contribution in [1.82, 2.24) is 4.90 Å². The van der Waals surface area contributed by atoms with Gasteiger partial charge in [0.15, 0.2) is 0 Å². The predicted molar refractivity (Wildman–Crippen MR) is 99.9 cm³/mol. The molecule has 24 heavy (non-hydrogen) atoms. The highest BCUT2D eigenvalue weighted by Crippen LogP contribution is 2.36. The molecule has 0 unspecified atom stereocenters. The first kappa shape index (κ1) is 18.2. The molecule has 3 heteroatoms. The summed E-state index contributed by atoms with van der Waals surface area (Å²) in [5.41, 5.74) is 7.10. The molecule has 0 bridgehead atoms. The van der Waals surface area contributed by atoms with E-state index in [0.29, 0.717) is 12.5 Å². The molecular weight excluding hydrogens is 296 g/mol. The van der Waals surface area contributed by atoms with Crippen molar-refractivity contribution in [3.8, 4) is 0 Å². The van der Waals surface area contributed by atoms with Crippen molar-refractivity contribution in [3.63, 3.8) is 0 Å². The lowest BCUT2D eigenvalue weighted by molar-refractivity contribution is -0.122. The van der Waals surface area contributed by atoms with Crippen LogP contribution >= 0.6 is 0 Å². The fourth-order valence-electron chi connectivity index (χ4n) is 3.40. The van der Waals surface area contributed by atoms with Crippen LogP contribution in [0.25, 0.3) is 0 Å². The Balaban J connectivity index is 2.49. The molecule has 0 aromatic heterocycles. The molecule has 0 fully saturated rings. The van der Waals surface area contributed by atoms with E-state index in [1.54, 1.807) is 0 Å². The molecule has 0 aliphatic heterocycles. The Hall–Kier alpha value is -2.13. The SMILES string of the molecule is CCN(CCC(C(N)=O)(c1ccccc1)c1ccccc1)C(C)C. The van der Waals surface area contributed by atoms with E-state index >= 15 is 0 Å². The number of carbonyl (C=O) groups is 1. The lowest BCUT2D eigenvalue weighted by atomic mass is 9.71. The number of rotatable bonds is 8. The summed E-state index contributed by atoms with van der Waals surface area (Å²) in [6.45, 7) is 8.29. The summed E-state index contributed by atoms with van der Waals surface area (Å²) in [4.78, 5) is 15.1. The molecule has 0 saturated heterocycles. The Morgan fingerprint density at radius 1 is 1.00 bits per heavy atom. The highest BCUT2D eigenvalue weighted by atomic mass is 16.1. The molecule has 2 N–H and O–H groups in total. The highest BCUT2D eigenvalue weighted by molar-refractivity contribution is 5.90. The number of primary amides is 1. The normalized spacial score (nSPS) is 11.9. The van der Waals surface area contributed by atoms with Crippen molar-refractivity contribution in [3.05, 3.63) is 71.8 Å². The number of nitrogens with two attached hydrogens (primary N) is 1. The summed E-state index contributed by atoms with van der Waals surface area (Å²) in [6, 6.07) is 20.3. The summed E-state index contributed by atoms with van der Waals surface area (Å²) in [5, 5.41) is 0. The zero-order valence-electron chi connectivity index (χ0n) is 14.9. The number of hydrogen-bond donors (Lipinski definition) is 1. The van der Waals surface area contributed by atoms with E-state index in [9.17, 15) is 4.79 Å². The van der Waals surface area contributed by atoms with Gasteiger partial charge in [-0.2, -0.15) is 0 Å². The number of benzene rings is 2. The van der Waals surface area contributed by atoms with Crippen molar-refractivity contribution in [2.45, 2.75) is 38.6 Å². The van der Waals surface area contributed by atoms with Gasteiger partial charge in [0.1, 0.15) is 0 Å². The topological polar surface area (TPSA) is 46.3 Å². The zero-order chi connectivity index (χ0) is 17.6. The lowest BCUT2D eigenvalue weighted by Crippen LogP contribution is -2.45. The van der Waals surface area contributed by atoms with Crippen molar-refractivity contribution in [1.29, 1.82) is 0 Å². The maximum absolute atomic E-state index is 12.7. The van der Waals surface area contributed by atoms with Gasteiger partial charge in [0, 0.05) is 12.6 Å². The molecule has 0 radical (unpaired) electrons. The first-order valence-corrected chi connectivity index (χ1v) is 8.67. The third-order valence-corrected chi connectivity index (χ3v) is 4.86. The number of amides is 1. The Morgan fingerprint density at radius 2 is 1.46 bits per heavy atom. The first-order chi connectivity index (χ1) is 11.5. The molecule has 0 atom stereocenters. The molecule has 0 aliphatic rings. The van der Waals surface area contributed by atoms with Gasteiger partial charge < -0.3 is 10.6 Å². The molecule has 2 aromatic carbocycles.